The fourth-order valence-corrected chi connectivity index (χ4v) is 2.74. The summed E-state index contributed by atoms with van der Waals surface area (Å²) in [5, 5.41) is 0. The van der Waals surface area contributed by atoms with Crippen molar-refractivity contribution in [3.8, 4) is 0 Å². The summed E-state index contributed by atoms with van der Waals surface area (Å²) in [6, 6.07) is 11.7. The van der Waals surface area contributed by atoms with Gasteiger partial charge in [0.1, 0.15) is 0 Å². The molecule has 0 heterocycles. The Morgan fingerprint density at radius 1 is 0.697 bits per heavy atom. The molecule has 1 aromatic rings. The first-order valence-corrected chi connectivity index (χ1v) is 13.4. The molecule has 33 heavy (non-hydrogen) atoms. The number of thiocarbonyl (C=S) groups is 3. The summed E-state index contributed by atoms with van der Waals surface area (Å²) in [7, 11) is 0. The van der Waals surface area contributed by atoms with Gasteiger partial charge in [-0.2, -0.15) is 35.9 Å². The molecule has 10 heteroatoms. The fourth-order valence-electron chi connectivity index (χ4n) is 2.74. The predicted octanol–water partition coefficient (Wildman–Crippen LogP) is 6.06. The molecule has 0 atom stereocenters. The van der Waals surface area contributed by atoms with Gasteiger partial charge in [-0.25, -0.2) is 0 Å². The van der Waals surface area contributed by atoms with E-state index >= 15 is 0 Å². The van der Waals surface area contributed by atoms with Crippen LogP contribution in [0.1, 0.15) is 89.5 Å². The molecule has 6 N–H and O–H groups in total. The standard InChI is InChI=1S/C20H33.3CH3NS2.Mo/c1-2-3-4-5-6-7-8-9-10-11-12-14-17-20-18-15-13-16-19-20;3*2-1(3)4;/h13,15-16,18H,2-12,14,17H2,1H3;3*(H3,2,3,4);/q-1;;;;+4/p-3. The molecule has 3 nitrogen and oxygen atoms in total. The van der Waals surface area contributed by atoms with E-state index in [1.807, 2.05) is 12.1 Å². The van der Waals surface area contributed by atoms with E-state index in [9.17, 15) is 0 Å². The first-order valence-electron chi connectivity index (χ1n) is 11.0. The van der Waals surface area contributed by atoms with E-state index in [1.54, 1.807) is 0 Å². The zero-order valence-electron chi connectivity index (χ0n) is 19.6. The predicted molar refractivity (Wildman–Crippen MR) is 163 cm³/mol. The van der Waals surface area contributed by atoms with Gasteiger partial charge in [-0.05, 0) is 0 Å². The second-order valence-electron chi connectivity index (χ2n) is 6.98. The Morgan fingerprint density at radius 3 is 1.33 bits per heavy atom. The Kier molecular flexibility index (Phi) is 42.1. The third-order valence-electron chi connectivity index (χ3n) is 4.07. The van der Waals surface area contributed by atoms with Crippen LogP contribution in [0, 0.1) is 6.07 Å². The van der Waals surface area contributed by atoms with Gasteiger partial charge in [-0.3, -0.25) is 0 Å². The molecule has 0 spiro atoms. The van der Waals surface area contributed by atoms with Crippen molar-refractivity contribution in [1.82, 2.24) is 0 Å². The van der Waals surface area contributed by atoms with Crippen LogP contribution in [-0.2, 0) is 65.4 Å². The molecule has 0 saturated carbocycles. The molecule has 0 unspecified atom stereocenters. The van der Waals surface area contributed by atoms with E-state index in [0.29, 0.717) is 0 Å². The Balaban J connectivity index is -0.000000268. The van der Waals surface area contributed by atoms with Crippen molar-refractivity contribution in [2.75, 3.05) is 0 Å². The van der Waals surface area contributed by atoms with Gasteiger partial charge in [0.25, 0.3) is 0 Å². The molecule has 0 fully saturated rings. The molecule has 0 saturated heterocycles. The Labute approximate surface area is 250 Å². The maximum atomic E-state index is 4.66. The maximum Gasteiger partial charge on any atom is 4.00 e. The smallest absolute Gasteiger partial charge is 0.415 e. The summed E-state index contributed by atoms with van der Waals surface area (Å²) in [6.45, 7) is 2.29. The molecule has 1 aromatic carbocycles. The van der Waals surface area contributed by atoms with Crippen molar-refractivity contribution in [2.24, 2.45) is 17.2 Å². The van der Waals surface area contributed by atoms with Gasteiger partial charge in [0.15, 0.2) is 0 Å². The second-order valence-corrected chi connectivity index (χ2v) is 10.4. The van der Waals surface area contributed by atoms with Crippen LogP contribution >= 0.6 is 36.7 Å². The largest absolute Gasteiger partial charge is 4.00 e. The van der Waals surface area contributed by atoms with Crippen LogP contribution in [0.5, 0.6) is 0 Å². The van der Waals surface area contributed by atoms with E-state index in [-0.39, 0.29) is 34.0 Å². The van der Waals surface area contributed by atoms with Gasteiger partial charge in [-0.1, -0.05) is 103 Å². The van der Waals surface area contributed by atoms with E-state index in [0.717, 1.165) is 0 Å². The normalized spacial score (nSPS) is 8.76. The molecule has 0 aliphatic carbocycles. The average molecular weight is 646 g/mol. The minimum Gasteiger partial charge on any atom is -0.415 e. The van der Waals surface area contributed by atoms with Crippen molar-refractivity contribution in [3.05, 3.63) is 35.9 Å². The van der Waals surface area contributed by atoms with Crippen LogP contribution in [0.3, 0.4) is 0 Å². The number of hydrogen-bond donors (Lipinski definition) is 3. The molecule has 0 bridgehead atoms. The van der Waals surface area contributed by atoms with Gasteiger partial charge in [0.2, 0.25) is 0 Å². The van der Waals surface area contributed by atoms with Gasteiger partial charge in [0.05, 0.1) is 0 Å². The summed E-state index contributed by atoms with van der Waals surface area (Å²) in [4.78, 5) is 0. The number of benzene rings is 1. The monoisotopic (exact) mass is 647 g/mol. The number of nitrogens with two attached hydrogens (primary N) is 3. The summed E-state index contributed by atoms with van der Waals surface area (Å²) in [5.41, 5.74) is 15.3. The molecule has 0 aliphatic heterocycles. The maximum absolute atomic E-state index is 4.66. The van der Waals surface area contributed by atoms with Crippen LogP contribution in [0.25, 0.3) is 0 Å². The Morgan fingerprint density at radius 2 is 1.03 bits per heavy atom. The van der Waals surface area contributed by atoms with Gasteiger partial charge in [-0.15, -0.1) is 0 Å². The number of aryl methyl sites for hydroxylation is 1. The topological polar surface area (TPSA) is 78.1 Å². The summed E-state index contributed by atoms with van der Waals surface area (Å²) < 4.78 is 0.250. The average Bonchev–Trinajstić information content (AvgIpc) is 2.68. The SMILES string of the molecule is CCCCCCCCCCCCCCc1[c-]cccc1.NC(=S)[S-].NC(=S)[S-].NC(=S)[S-].[Mo+4]. The van der Waals surface area contributed by atoms with Crippen molar-refractivity contribution in [3.63, 3.8) is 0 Å². The number of unbranched alkanes of at least 4 members (excludes halogenated alkanes) is 11. The van der Waals surface area contributed by atoms with E-state index in [4.69, 9.17) is 0 Å². The van der Waals surface area contributed by atoms with E-state index in [1.165, 1.54) is 89.0 Å². The molecule has 1 rings (SSSR count). The molecular weight excluding hydrogens is 607 g/mol. The van der Waals surface area contributed by atoms with Crippen LogP contribution in [-0.4, -0.2) is 13.0 Å². The van der Waals surface area contributed by atoms with E-state index < -0.39 is 0 Å². The van der Waals surface area contributed by atoms with Gasteiger partial charge < -0.3 is 91.7 Å². The molecule has 0 aliphatic rings. The number of rotatable bonds is 13. The van der Waals surface area contributed by atoms with Crippen molar-refractivity contribution in [2.45, 2.75) is 90.4 Å². The molecule has 188 valence electrons. The van der Waals surface area contributed by atoms with E-state index in [2.05, 4.69) is 117 Å². The molecular formula is C23H39MoN3S6. The van der Waals surface area contributed by atoms with Gasteiger partial charge >= 0.3 is 21.1 Å². The Hall–Kier alpha value is 0.238. The first-order chi connectivity index (χ1) is 15.1. The fraction of sp³-hybridized carbons (Fsp3) is 0.609. The molecule has 0 amide bonds. The third-order valence-corrected chi connectivity index (χ3v) is 4.07. The summed E-state index contributed by atoms with van der Waals surface area (Å²) in [5.74, 6) is 0. The molecule has 0 aromatic heterocycles. The first kappa shape index (κ1) is 40.4. The second kappa shape index (κ2) is 34.4. The number of hydrogen-bond acceptors (Lipinski definition) is 6. The summed E-state index contributed by atoms with van der Waals surface area (Å²) >= 11 is 24.8. The van der Waals surface area contributed by atoms with Crippen LogP contribution in [0.15, 0.2) is 24.3 Å². The van der Waals surface area contributed by atoms with Crippen molar-refractivity contribution >= 4 is 87.5 Å². The Bertz CT molecular complexity index is 522. The van der Waals surface area contributed by atoms with Crippen molar-refractivity contribution in [1.29, 1.82) is 0 Å². The van der Waals surface area contributed by atoms with Crippen LogP contribution in [0.2, 0.25) is 0 Å². The quantitative estimate of drug-likeness (QED) is 0.0781. The molecule has 0 radical (unpaired) electrons. The zero-order valence-corrected chi connectivity index (χ0v) is 26.5. The van der Waals surface area contributed by atoms with Crippen LogP contribution < -0.4 is 17.2 Å². The van der Waals surface area contributed by atoms with Gasteiger partial charge in [0, 0.05) is 0 Å². The van der Waals surface area contributed by atoms with Crippen molar-refractivity contribution < 1.29 is 21.1 Å². The minimum atomic E-state index is 0. The summed E-state index contributed by atoms with van der Waals surface area (Å²) in [6.07, 6.45) is 18.3. The minimum absolute atomic E-state index is 0. The zero-order chi connectivity index (χ0) is 25.0. The van der Waals surface area contributed by atoms with Crippen LogP contribution in [0.4, 0.5) is 0 Å². The third kappa shape index (κ3) is 59.6.